The summed E-state index contributed by atoms with van der Waals surface area (Å²) in [5.41, 5.74) is 0.947. The zero-order chi connectivity index (χ0) is 16.7. The Labute approximate surface area is 140 Å². The number of aryl methyl sites for hydroxylation is 1. The molecule has 0 spiro atoms. The van der Waals surface area contributed by atoms with Gasteiger partial charge in [-0.2, -0.15) is 0 Å². The van der Waals surface area contributed by atoms with Crippen LogP contribution in [0.25, 0.3) is 0 Å². The minimum absolute atomic E-state index is 0.0261. The molecule has 1 aromatic carbocycles. The average molecular weight is 328 g/mol. The Balaban J connectivity index is 1.35. The molecule has 1 saturated carbocycles. The van der Waals surface area contributed by atoms with Gasteiger partial charge in [0.15, 0.2) is 0 Å². The minimum Gasteiger partial charge on any atom is -0.342 e. The molecule has 2 aromatic rings. The van der Waals surface area contributed by atoms with E-state index in [1.807, 2.05) is 22.6 Å². The standard InChI is InChI=1S/C18H21FN4O/c1-22-11-20-21-17(22)12-5-7-23(8-6-12)18(24)16-10-15(16)13-3-2-4-14(19)9-13/h2-4,9,11-12,15-16H,5-8,10H2,1H3. The fourth-order valence-electron chi connectivity index (χ4n) is 3.83. The molecule has 0 radical (unpaired) electrons. The summed E-state index contributed by atoms with van der Waals surface area (Å²) in [5, 5.41) is 8.13. The summed E-state index contributed by atoms with van der Waals surface area (Å²) < 4.78 is 15.3. The highest BCUT2D eigenvalue weighted by molar-refractivity contribution is 5.83. The molecule has 2 atom stereocenters. The highest BCUT2D eigenvalue weighted by Crippen LogP contribution is 2.49. The van der Waals surface area contributed by atoms with Crippen LogP contribution in [0.2, 0.25) is 0 Å². The van der Waals surface area contributed by atoms with E-state index in [4.69, 9.17) is 0 Å². The Hall–Kier alpha value is -2.24. The van der Waals surface area contributed by atoms with Crippen LogP contribution in [-0.4, -0.2) is 38.7 Å². The van der Waals surface area contributed by atoms with Gasteiger partial charge in [0.05, 0.1) is 0 Å². The van der Waals surface area contributed by atoms with Crippen LogP contribution in [0.5, 0.6) is 0 Å². The van der Waals surface area contributed by atoms with E-state index in [-0.39, 0.29) is 23.6 Å². The van der Waals surface area contributed by atoms with Gasteiger partial charge in [0.2, 0.25) is 5.91 Å². The van der Waals surface area contributed by atoms with Crippen molar-refractivity contribution in [2.75, 3.05) is 13.1 Å². The molecule has 2 unspecified atom stereocenters. The number of nitrogens with zero attached hydrogens (tertiary/aromatic N) is 4. The van der Waals surface area contributed by atoms with Gasteiger partial charge < -0.3 is 9.47 Å². The Kier molecular flexibility index (Phi) is 3.82. The number of carbonyl (C=O) groups is 1. The number of hydrogen-bond donors (Lipinski definition) is 0. The quantitative estimate of drug-likeness (QED) is 0.870. The number of piperidine rings is 1. The molecule has 1 aliphatic carbocycles. The van der Waals surface area contributed by atoms with E-state index in [0.29, 0.717) is 5.92 Å². The van der Waals surface area contributed by atoms with Gasteiger partial charge in [-0.1, -0.05) is 12.1 Å². The lowest BCUT2D eigenvalue weighted by Gasteiger charge is -2.31. The first-order valence-corrected chi connectivity index (χ1v) is 8.51. The number of likely N-dealkylation sites (tertiary alicyclic amines) is 1. The van der Waals surface area contributed by atoms with Crippen molar-refractivity contribution < 1.29 is 9.18 Å². The zero-order valence-corrected chi connectivity index (χ0v) is 13.7. The Morgan fingerprint density at radius 1 is 1.29 bits per heavy atom. The molecule has 5 nitrogen and oxygen atoms in total. The van der Waals surface area contributed by atoms with Crippen molar-refractivity contribution >= 4 is 5.91 Å². The van der Waals surface area contributed by atoms with Crippen molar-refractivity contribution in [1.29, 1.82) is 0 Å². The van der Waals surface area contributed by atoms with E-state index in [2.05, 4.69) is 10.2 Å². The maximum absolute atomic E-state index is 13.3. The number of amides is 1. The number of halogens is 1. The Morgan fingerprint density at radius 2 is 2.08 bits per heavy atom. The van der Waals surface area contributed by atoms with E-state index in [0.717, 1.165) is 43.7 Å². The second kappa shape index (κ2) is 6.00. The van der Waals surface area contributed by atoms with Crippen molar-refractivity contribution in [1.82, 2.24) is 19.7 Å². The minimum atomic E-state index is -0.227. The normalized spacial score (nSPS) is 24.2. The lowest BCUT2D eigenvalue weighted by atomic mass is 9.95. The molecular weight excluding hydrogens is 307 g/mol. The molecule has 1 aromatic heterocycles. The topological polar surface area (TPSA) is 51.0 Å². The van der Waals surface area contributed by atoms with Gasteiger partial charge in [-0.25, -0.2) is 4.39 Å². The van der Waals surface area contributed by atoms with Crippen LogP contribution in [0, 0.1) is 11.7 Å². The average Bonchev–Trinajstić information content (AvgIpc) is 3.29. The van der Waals surface area contributed by atoms with Crippen LogP contribution in [0.4, 0.5) is 4.39 Å². The molecule has 4 rings (SSSR count). The van der Waals surface area contributed by atoms with Crippen LogP contribution in [0.3, 0.4) is 0 Å². The number of aromatic nitrogens is 3. The second-order valence-corrected chi connectivity index (χ2v) is 6.90. The number of rotatable bonds is 3. The van der Waals surface area contributed by atoms with Gasteiger partial charge in [-0.15, -0.1) is 10.2 Å². The SMILES string of the molecule is Cn1cnnc1C1CCN(C(=O)C2CC2c2cccc(F)c2)CC1. The van der Waals surface area contributed by atoms with Gasteiger partial charge >= 0.3 is 0 Å². The molecule has 0 N–H and O–H groups in total. The van der Waals surface area contributed by atoms with E-state index in [1.54, 1.807) is 18.5 Å². The summed E-state index contributed by atoms with van der Waals surface area (Å²) in [6.45, 7) is 1.53. The summed E-state index contributed by atoms with van der Waals surface area (Å²) in [7, 11) is 1.96. The highest BCUT2D eigenvalue weighted by Gasteiger charge is 2.46. The maximum Gasteiger partial charge on any atom is 0.226 e. The first-order chi connectivity index (χ1) is 11.6. The van der Waals surface area contributed by atoms with Crippen molar-refractivity contribution in [3.8, 4) is 0 Å². The summed E-state index contributed by atoms with van der Waals surface area (Å²) in [6.07, 6.45) is 4.41. The van der Waals surface area contributed by atoms with Gasteiger partial charge in [-0.05, 0) is 42.9 Å². The van der Waals surface area contributed by atoms with Gasteiger partial charge in [0, 0.05) is 32.0 Å². The van der Waals surface area contributed by atoms with Crippen molar-refractivity contribution in [2.45, 2.75) is 31.1 Å². The predicted molar refractivity (Wildman–Crippen MR) is 86.8 cm³/mol. The van der Waals surface area contributed by atoms with E-state index < -0.39 is 0 Å². The summed E-state index contributed by atoms with van der Waals surface area (Å²) in [5.74, 6) is 1.59. The van der Waals surface area contributed by atoms with Gasteiger partial charge in [0.25, 0.3) is 0 Å². The fraction of sp³-hybridized carbons (Fsp3) is 0.500. The molecule has 2 fully saturated rings. The monoisotopic (exact) mass is 328 g/mol. The molecule has 24 heavy (non-hydrogen) atoms. The molecular formula is C18H21FN4O. The third kappa shape index (κ3) is 2.81. The molecule has 2 heterocycles. The molecule has 0 bridgehead atoms. The van der Waals surface area contributed by atoms with Crippen LogP contribution in [-0.2, 0) is 11.8 Å². The maximum atomic E-state index is 13.3. The number of carbonyl (C=O) groups excluding carboxylic acids is 1. The molecule has 126 valence electrons. The lowest BCUT2D eigenvalue weighted by molar-refractivity contribution is -0.133. The van der Waals surface area contributed by atoms with Crippen molar-refractivity contribution in [3.63, 3.8) is 0 Å². The second-order valence-electron chi connectivity index (χ2n) is 6.90. The third-order valence-corrected chi connectivity index (χ3v) is 5.30. The van der Waals surface area contributed by atoms with Gasteiger partial charge in [0.1, 0.15) is 18.0 Å². The van der Waals surface area contributed by atoms with Crippen LogP contribution >= 0.6 is 0 Å². The number of hydrogen-bond acceptors (Lipinski definition) is 3. The fourth-order valence-corrected chi connectivity index (χ4v) is 3.83. The Morgan fingerprint density at radius 3 is 2.75 bits per heavy atom. The lowest BCUT2D eigenvalue weighted by Crippen LogP contribution is -2.39. The van der Waals surface area contributed by atoms with Crippen LogP contribution in [0.15, 0.2) is 30.6 Å². The van der Waals surface area contributed by atoms with E-state index >= 15 is 0 Å². The third-order valence-electron chi connectivity index (χ3n) is 5.30. The molecule has 1 amide bonds. The highest BCUT2D eigenvalue weighted by atomic mass is 19.1. The number of benzene rings is 1. The smallest absolute Gasteiger partial charge is 0.226 e. The molecule has 1 aliphatic heterocycles. The largest absolute Gasteiger partial charge is 0.342 e. The first kappa shape index (κ1) is 15.3. The predicted octanol–water partition coefficient (Wildman–Crippen LogP) is 2.46. The van der Waals surface area contributed by atoms with Crippen molar-refractivity contribution in [3.05, 3.63) is 47.8 Å². The van der Waals surface area contributed by atoms with E-state index in [9.17, 15) is 9.18 Å². The van der Waals surface area contributed by atoms with Gasteiger partial charge in [-0.3, -0.25) is 4.79 Å². The summed E-state index contributed by atoms with van der Waals surface area (Å²) in [6, 6.07) is 6.64. The molecule has 1 saturated heterocycles. The van der Waals surface area contributed by atoms with Crippen LogP contribution in [0.1, 0.15) is 42.5 Å². The van der Waals surface area contributed by atoms with Crippen molar-refractivity contribution in [2.24, 2.45) is 13.0 Å². The molecule has 6 heteroatoms. The van der Waals surface area contributed by atoms with Crippen LogP contribution < -0.4 is 0 Å². The van der Waals surface area contributed by atoms with E-state index in [1.165, 1.54) is 6.07 Å². The first-order valence-electron chi connectivity index (χ1n) is 8.51. The molecule has 2 aliphatic rings. The summed E-state index contributed by atoms with van der Waals surface area (Å²) in [4.78, 5) is 14.7. The summed E-state index contributed by atoms with van der Waals surface area (Å²) >= 11 is 0. The Bertz CT molecular complexity index is 751. The zero-order valence-electron chi connectivity index (χ0n) is 13.7.